The molecule has 0 fully saturated rings. The molecule has 1 aromatic rings. The van der Waals surface area contributed by atoms with E-state index in [4.69, 9.17) is 4.74 Å². The van der Waals surface area contributed by atoms with Gasteiger partial charge in [0.25, 0.3) is 0 Å². The second-order valence-corrected chi connectivity index (χ2v) is 5.20. The first kappa shape index (κ1) is 15.1. The highest BCUT2D eigenvalue weighted by Gasteiger charge is 2.19. The molecule has 1 atom stereocenters. The summed E-state index contributed by atoms with van der Waals surface area (Å²) < 4.78 is 32.5. The molecule has 1 aromatic carbocycles. The highest BCUT2D eigenvalue weighted by molar-refractivity contribution is 5.22. The van der Waals surface area contributed by atoms with Gasteiger partial charge < -0.3 is 10.1 Å². The summed E-state index contributed by atoms with van der Waals surface area (Å²) in [5.74, 6) is -0.857. The summed E-state index contributed by atoms with van der Waals surface area (Å²) in [4.78, 5) is 0. The van der Waals surface area contributed by atoms with Gasteiger partial charge in [-0.1, -0.05) is 6.92 Å². The lowest BCUT2D eigenvalue weighted by Gasteiger charge is -2.25. The van der Waals surface area contributed by atoms with Crippen LogP contribution in [0.1, 0.15) is 39.3 Å². The van der Waals surface area contributed by atoms with Gasteiger partial charge in [0.15, 0.2) is 0 Å². The maximum atomic E-state index is 13.7. The molecule has 0 saturated heterocycles. The molecule has 0 heterocycles. The van der Waals surface area contributed by atoms with E-state index in [1.165, 1.54) is 6.07 Å². The Hall–Kier alpha value is -1.00. The predicted molar refractivity (Wildman–Crippen MR) is 68.5 cm³/mol. The first-order valence-electron chi connectivity index (χ1n) is 6.16. The van der Waals surface area contributed by atoms with Gasteiger partial charge in [-0.05, 0) is 45.5 Å². The first-order chi connectivity index (χ1) is 8.33. The van der Waals surface area contributed by atoms with Crippen LogP contribution in [0.25, 0.3) is 0 Å². The molecule has 1 N–H and O–H groups in total. The third kappa shape index (κ3) is 4.70. The standard InChI is InChI=1S/C14H21F2NO/c1-5-17-13(9-18-14(2,3)4)11-8-10(15)6-7-12(11)16/h6-8,13,17H,5,9H2,1-4H3. The highest BCUT2D eigenvalue weighted by atomic mass is 19.1. The van der Waals surface area contributed by atoms with E-state index >= 15 is 0 Å². The van der Waals surface area contributed by atoms with E-state index in [0.717, 1.165) is 12.1 Å². The molecule has 0 bridgehead atoms. The maximum Gasteiger partial charge on any atom is 0.128 e. The minimum absolute atomic E-state index is 0.303. The van der Waals surface area contributed by atoms with Crippen LogP contribution in [-0.2, 0) is 4.74 Å². The summed E-state index contributed by atoms with van der Waals surface area (Å²) in [6.45, 7) is 8.67. The van der Waals surface area contributed by atoms with E-state index in [-0.39, 0.29) is 11.6 Å². The lowest BCUT2D eigenvalue weighted by molar-refractivity contribution is -0.0150. The molecule has 0 aliphatic rings. The summed E-state index contributed by atoms with van der Waals surface area (Å²) in [7, 11) is 0. The molecule has 18 heavy (non-hydrogen) atoms. The van der Waals surface area contributed by atoms with Crippen molar-refractivity contribution in [1.29, 1.82) is 0 Å². The van der Waals surface area contributed by atoms with Gasteiger partial charge in [-0.3, -0.25) is 0 Å². The van der Waals surface area contributed by atoms with Crippen molar-refractivity contribution in [2.24, 2.45) is 0 Å². The predicted octanol–water partition coefficient (Wildman–Crippen LogP) is 3.43. The summed E-state index contributed by atoms with van der Waals surface area (Å²) in [5.41, 5.74) is -0.00149. The van der Waals surface area contributed by atoms with E-state index < -0.39 is 11.6 Å². The van der Waals surface area contributed by atoms with Gasteiger partial charge in [0.05, 0.1) is 18.2 Å². The molecule has 0 aliphatic carbocycles. The molecule has 1 unspecified atom stereocenters. The van der Waals surface area contributed by atoms with E-state index in [1.807, 2.05) is 27.7 Å². The minimum Gasteiger partial charge on any atom is -0.374 e. The Kier molecular flexibility index (Phi) is 5.23. The van der Waals surface area contributed by atoms with Crippen molar-refractivity contribution in [2.45, 2.75) is 39.3 Å². The van der Waals surface area contributed by atoms with Crippen LogP contribution in [0.2, 0.25) is 0 Å². The Balaban J connectivity index is 2.86. The van der Waals surface area contributed by atoms with Crippen LogP contribution in [0.3, 0.4) is 0 Å². The number of ether oxygens (including phenoxy) is 1. The van der Waals surface area contributed by atoms with Crippen LogP contribution >= 0.6 is 0 Å². The Morgan fingerprint density at radius 1 is 1.28 bits per heavy atom. The van der Waals surface area contributed by atoms with E-state index in [9.17, 15) is 8.78 Å². The zero-order chi connectivity index (χ0) is 13.8. The second kappa shape index (κ2) is 6.25. The molecule has 102 valence electrons. The summed E-state index contributed by atoms with van der Waals surface area (Å²) in [6, 6.07) is 3.14. The molecule has 1 rings (SSSR count). The van der Waals surface area contributed by atoms with Crippen LogP contribution in [0.5, 0.6) is 0 Å². The van der Waals surface area contributed by atoms with Gasteiger partial charge in [-0.2, -0.15) is 0 Å². The van der Waals surface area contributed by atoms with Gasteiger partial charge >= 0.3 is 0 Å². The smallest absolute Gasteiger partial charge is 0.128 e. The van der Waals surface area contributed by atoms with Crippen LogP contribution < -0.4 is 5.32 Å². The average molecular weight is 257 g/mol. The normalized spacial score (nSPS) is 13.7. The Labute approximate surface area is 107 Å². The lowest BCUT2D eigenvalue weighted by atomic mass is 10.1. The highest BCUT2D eigenvalue weighted by Crippen LogP contribution is 2.21. The van der Waals surface area contributed by atoms with Gasteiger partial charge in [0.1, 0.15) is 11.6 Å². The molecule has 0 radical (unpaired) electrons. The monoisotopic (exact) mass is 257 g/mol. The van der Waals surface area contributed by atoms with Gasteiger partial charge in [-0.25, -0.2) is 8.78 Å². The van der Waals surface area contributed by atoms with Crippen LogP contribution in [0, 0.1) is 11.6 Å². The van der Waals surface area contributed by atoms with E-state index in [1.54, 1.807) is 0 Å². The number of nitrogens with one attached hydrogen (secondary N) is 1. The van der Waals surface area contributed by atoms with Gasteiger partial charge in [0.2, 0.25) is 0 Å². The van der Waals surface area contributed by atoms with Crippen molar-refractivity contribution in [1.82, 2.24) is 5.32 Å². The molecule has 0 saturated carbocycles. The maximum absolute atomic E-state index is 13.7. The molecule has 0 aromatic heterocycles. The Morgan fingerprint density at radius 2 is 1.94 bits per heavy atom. The number of hydrogen-bond acceptors (Lipinski definition) is 2. The van der Waals surface area contributed by atoms with Crippen LogP contribution in [0.15, 0.2) is 18.2 Å². The molecule has 4 heteroatoms. The zero-order valence-corrected chi connectivity index (χ0v) is 11.4. The summed E-state index contributed by atoms with van der Waals surface area (Å²) in [6.07, 6.45) is 0. The third-order valence-corrected chi connectivity index (χ3v) is 2.47. The fourth-order valence-corrected chi connectivity index (χ4v) is 1.62. The SMILES string of the molecule is CCNC(COC(C)(C)C)c1cc(F)ccc1F. The zero-order valence-electron chi connectivity index (χ0n) is 11.4. The van der Waals surface area contributed by atoms with Crippen molar-refractivity contribution in [3.05, 3.63) is 35.4 Å². The quantitative estimate of drug-likeness (QED) is 0.872. The van der Waals surface area contributed by atoms with Crippen molar-refractivity contribution >= 4 is 0 Å². The largest absolute Gasteiger partial charge is 0.374 e. The van der Waals surface area contributed by atoms with Crippen molar-refractivity contribution in [3.63, 3.8) is 0 Å². The Bertz CT molecular complexity index is 388. The fourth-order valence-electron chi connectivity index (χ4n) is 1.62. The molecule has 2 nitrogen and oxygen atoms in total. The topological polar surface area (TPSA) is 21.3 Å². The minimum atomic E-state index is -0.440. The van der Waals surface area contributed by atoms with Crippen LogP contribution in [0.4, 0.5) is 8.78 Å². The average Bonchev–Trinajstić information content (AvgIpc) is 2.26. The second-order valence-electron chi connectivity index (χ2n) is 5.20. The summed E-state index contributed by atoms with van der Waals surface area (Å²) in [5, 5.41) is 3.11. The third-order valence-electron chi connectivity index (χ3n) is 2.47. The summed E-state index contributed by atoms with van der Waals surface area (Å²) >= 11 is 0. The number of benzene rings is 1. The van der Waals surface area contributed by atoms with Crippen molar-refractivity contribution in [3.8, 4) is 0 Å². The molecule has 0 aliphatic heterocycles. The van der Waals surface area contributed by atoms with Gasteiger partial charge in [0, 0.05) is 5.56 Å². The lowest BCUT2D eigenvalue weighted by Crippen LogP contribution is -2.30. The number of rotatable bonds is 5. The Morgan fingerprint density at radius 3 is 2.50 bits per heavy atom. The number of halogens is 2. The molecular formula is C14H21F2NO. The van der Waals surface area contributed by atoms with E-state index in [0.29, 0.717) is 18.7 Å². The molecule has 0 spiro atoms. The number of likely N-dealkylation sites (N-methyl/N-ethyl adjacent to an activating group) is 1. The van der Waals surface area contributed by atoms with E-state index in [2.05, 4.69) is 5.32 Å². The molecular weight excluding hydrogens is 236 g/mol. The number of hydrogen-bond donors (Lipinski definition) is 1. The van der Waals surface area contributed by atoms with Gasteiger partial charge in [-0.15, -0.1) is 0 Å². The molecule has 0 amide bonds. The van der Waals surface area contributed by atoms with Crippen molar-refractivity contribution in [2.75, 3.05) is 13.2 Å². The van der Waals surface area contributed by atoms with Crippen LogP contribution in [-0.4, -0.2) is 18.8 Å². The fraction of sp³-hybridized carbons (Fsp3) is 0.571. The van der Waals surface area contributed by atoms with Crippen molar-refractivity contribution < 1.29 is 13.5 Å². The first-order valence-corrected chi connectivity index (χ1v) is 6.16.